The van der Waals surface area contributed by atoms with Gasteiger partial charge >= 0.3 is 18.2 Å². The Morgan fingerprint density at radius 3 is 2.18 bits per heavy atom. The fraction of sp³-hybridized carbons (Fsp3) is 0.400. The molecule has 1 atom stereocenters. The van der Waals surface area contributed by atoms with Gasteiger partial charge in [0.15, 0.2) is 5.54 Å². The molecule has 0 bridgehead atoms. The van der Waals surface area contributed by atoms with Crippen molar-refractivity contribution >= 4 is 18.2 Å². The molecule has 1 saturated heterocycles. The van der Waals surface area contributed by atoms with Crippen LogP contribution in [0.2, 0.25) is 0 Å². The van der Waals surface area contributed by atoms with Gasteiger partial charge in [-0.15, -0.1) is 0 Å². The number of ether oxygens (including phenoxy) is 2. The highest BCUT2D eigenvalue weighted by Crippen LogP contribution is 2.44. The zero-order chi connectivity index (χ0) is 23.8. The second-order valence-electron chi connectivity index (χ2n) is 9.49. The van der Waals surface area contributed by atoms with Gasteiger partial charge in [0.2, 0.25) is 0 Å². The summed E-state index contributed by atoms with van der Waals surface area (Å²) in [5, 5.41) is 12.3. The maximum Gasteiger partial charge on any atom is 0.410 e. The maximum atomic E-state index is 12.7. The Balaban J connectivity index is 1.43. The van der Waals surface area contributed by atoms with Crippen LogP contribution in [-0.2, 0) is 14.3 Å². The smallest absolute Gasteiger partial charge is 0.410 e. The molecule has 174 valence electrons. The number of aliphatic carboxylic acids is 1. The van der Waals surface area contributed by atoms with Crippen LogP contribution in [0.5, 0.6) is 0 Å². The molecule has 2 amide bonds. The molecule has 0 radical (unpaired) electrons. The van der Waals surface area contributed by atoms with E-state index in [-0.39, 0.29) is 32.0 Å². The molecule has 1 heterocycles. The summed E-state index contributed by atoms with van der Waals surface area (Å²) in [6, 6.07) is 15.9. The highest BCUT2D eigenvalue weighted by molar-refractivity contribution is 5.86. The minimum Gasteiger partial charge on any atom is -0.479 e. The summed E-state index contributed by atoms with van der Waals surface area (Å²) < 4.78 is 10.8. The number of carbonyl (C=O) groups excluding carboxylic acids is 2. The van der Waals surface area contributed by atoms with E-state index < -0.39 is 29.3 Å². The molecular formula is C25H28N2O6. The fourth-order valence-corrected chi connectivity index (χ4v) is 4.45. The molecule has 0 aromatic heterocycles. The van der Waals surface area contributed by atoms with Gasteiger partial charge < -0.3 is 24.8 Å². The number of hydrogen-bond donors (Lipinski definition) is 2. The van der Waals surface area contributed by atoms with Gasteiger partial charge in [-0.1, -0.05) is 48.5 Å². The summed E-state index contributed by atoms with van der Waals surface area (Å²) in [5.41, 5.74) is 2.01. The Morgan fingerprint density at radius 1 is 1.06 bits per heavy atom. The van der Waals surface area contributed by atoms with E-state index in [9.17, 15) is 19.5 Å². The Morgan fingerprint density at radius 2 is 1.64 bits per heavy atom. The fourth-order valence-electron chi connectivity index (χ4n) is 4.45. The maximum absolute atomic E-state index is 12.7. The van der Waals surface area contributed by atoms with Crippen molar-refractivity contribution in [3.05, 3.63) is 59.7 Å². The minimum absolute atomic E-state index is 0.0613. The average molecular weight is 453 g/mol. The van der Waals surface area contributed by atoms with Crippen molar-refractivity contribution in [3.63, 3.8) is 0 Å². The van der Waals surface area contributed by atoms with E-state index in [1.165, 1.54) is 4.90 Å². The Kier molecular flexibility index (Phi) is 5.78. The van der Waals surface area contributed by atoms with Gasteiger partial charge in [-0.05, 0) is 43.0 Å². The normalized spacial score (nSPS) is 19.5. The van der Waals surface area contributed by atoms with E-state index in [1.807, 2.05) is 48.5 Å². The van der Waals surface area contributed by atoms with Gasteiger partial charge in [0.1, 0.15) is 12.2 Å². The number of carboxylic acids is 1. The van der Waals surface area contributed by atoms with Crippen molar-refractivity contribution in [3.8, 4) is 11.1 Å². The number of likely N-dealkylation sites (tertiary alicyclic amines) is 1. The first-order valence-corrected chi connectivity index (χ1v) is 10.9. The topological polar surface area (TPSA) is 105 Å². The quantitative estimate of drug-likeness (QED) is 0.727. The predicted octanol–water partition coefficient (Wildman–Crippen LogP) is 3.99. The number of alkyl carbamates (subject to hydrolysis) is 1. The monoisotopic (exact) mass is 452 g/mol. The number of amides is 2. The van der Waals surface area contributed by atoms with Crippen molar-refractivity contribution in [1.82, 2.24) is 10.2 Å². The molecule has 33 heavy (non-hydrogen) atoms. The number of benzene rings is 2. The predicted molar refractivity (Wildman–Crippen MR) is 121 cm³/mol. The second-order valence-corrected chi connectivity index (χ2v) is 9.49. The Hall–Kier alpha value is -3.55. The third-order valence-electron chi connectivity index (χ3n) is 6.02. The molecule has 4 rings (SSSR count). The lowest BCUT2D eigenvalue weighted by molar-refractivity contribution is -0.144. The van der Waals surface area contributed by atoms with Gasteiger partial charge in [0.25, 0.3) is 0 Å². The van der Waals surface area contributed by atoms with Crippen LogP contribution < -0.4 is 5.32 Å². The molecule has 0 spiro atoms. The van der Waals surface area contributed by atoms with Crippen molar-refractivity contribution < 1.29 is 29.0 Å². The van der Waals surface area contributed by atoms with Crippen LogP contribution in [0.15, 0.2) is 48.5 Å². The van der Waals surface area contributed by atoms with E-state index in [0.29, 0.717) is 0 Å². The van der Waals surface area contributed by atoms with E-state index in [1.54, 1.807) is 20.8 Å². The lowest BCUT2D eigenvalue weighted by atomic mass is 9.98. The molecule has 1 fully saturated rings. The molecule has 1 aliphatic heterocycles. The van der Waals surface area contributed by atoms with Crippen molar-refractivity contribution in [2.75, 3.05) is 19.7 Å². The first-order chi connectivity index (χ1) is 15.6. The first-order valence-electron chi connectivity index (χ1n) is 10.9. The van der Waals surface area contributed by atoms with Crippen LogP contribution in [0.4, 0.5) is 9.59 Å². The third-order valence-corrected chi connectivity index (χ3v) is 6.02. The molecule has 1 aliphatic carbocycles. The van der Waals surface area contributed by atoms with Crippen LogP contribution in [-0.4, -0.2) is 59.0 Å². The summed E-state index contributed by atoms with van der Waals surface area (Å²) in [5.74, 6) is -1.35. The van der Waals surface area contributed by atoms with Crippen molar-refractivity contribution in [2.24, 2.45) is 0 Å². The Bertz CT molecular complexity index is 1050. The highest BCUT2D eigenvalue weighted by atomic mass is 16.6. The molecule has 1 unspecified atom stereocenters. The first kappa shape index (κ1) is 22.6. The van der Waals surface area contributed by atoms with Crippen LogP contribution in [0.25, 0.3) is 11.1 Å². The molecule has 2 aromatic rings. The van der Waals surface area contributed by atoms with Gasteiger partial charge in [0.05, 0.1) is 6.54 Å². The number of hydrogen-bond acceptors (Lipinski definition) is 5. The summed E-state index contributed by atoms with van der Waals surface area (Å²) in [6.07, 6.45) is -1.38. The molecule has 8 nitrogen and oxygen atoms in total. The number of fused-ring (bicyclic) bond motifs is 3. The molecule has 0 saturated carbocycles. The number of nitrogens with one attached hydrogen (secondary N) is 1. The third kappa shape index (κ3) is 4.51. The van der Waals surface area contributed by atoms with Gasteiger partial charge in [0, 0.05) is 18.9 Å². The van der Waals surface area contributed by atoms with E-state index >= 15 is 0 Å². The van der Waals surface area contributed by atoms with Gasteiger partial charge in [-0.3, -0.25) is 0 Å². The van der Waals surface area contributed by atoms with Crippen LogP contribution in [0.1, 0.15) is 44.2 Å². The van der Waals surface area contributed by atoms with E-state index in [2.05, 4.69) is 5.32 Å². The lowest BCUT2D eigenvalue weighted by Crippen LogP contribution is -2.57. The average Bonchev–Trinajstić information content (AvgIpc) is 3.32. The highest BCUT2D eigenvalue weighted by Gasteiger charge is 2.49. The van der Waals surface area contributed by atoms with E-state index in [0.717, 1.165) is 22.3 Å². The summed E-state index contributed by atoms with van der Waals surface area (Å²) in [7, 11) is 0. The number of carboxylic acid groups (broad SMARTS) is 1. The lowest BCUT2D eigenvalue weighted by Gasteiger charge is -2.27. The van der Waals surface area contributed by atoms with Crippen molar-refractivity contribution in [2.45, 2.75) is 44.2 Å². The summed E-state index contributed by atoms with van der Waals surface area (Å²) >= 11 is 0. The van der Waals surface area contributed by atoms with E-state index in [4.69, 9.17) is 9.47 Å². The van der Waals surface area contributed by atoms with Gasteiger partial charge in [-0.25, -0.2) is 14.4 Å². The second kappa shape index (κ2) is 8.42. The summed E-state index contributed by atoms with van der Waals surface area (Å²) in [6.45, 7) is 5.25. The molecular weight excluding hydrogens is 424 g/mol. The van der Waals surface area contributed by atoms with Crippen LogP contribution >= 0.6 is 0 Å². The zero-order valence-corrected chi connectivity index (χ0v) is 19.0. The van der Waals surface area contributed by atoms with Crippen LogP contribution in [0.3, 0.4) is 0 Å². The number of nitrogens with zero attached hydrogens (tertiary/aromatic N) is 1. The molecule has 2 aromatic carbocycles. The van der Waals surface area contributed by atoms with Crippen molar-refractivity contribution in [1.29, 1.82) is 0 Å². The number of rotatable bonds is 4. The molecule has 2 N–H and O–H groups in total. The minimum atomic E-state index is -1.63. The number of carbonyl (C=O) groups is 3. The molecule has 2 aliphatic rings. The zero-order valence-electron chi connectivity index (χ0n) is 19.0. The molecule has 8 heteroatoms. The van der Waals surface area contributed by atoms with Crippen LogP contribution in [0, 0.1) is 0 Å². The standard InChI is InChI=1S/C25H28N2O6/c1-24(2,3)33-23(31)27-13-12-25(15-27,21(28)29)26-22(30)32-14-20-18-10-6-4-8-16(18)17-9-5-7-11-19(17)20/h4-11,20H,12-15H2,1-3H3,(H,26,30)(H,28,29). The van der Waals surface area contributed by atoms with Gasteiger partial charge in [-0.2, -0.15) is 0 Å². The summed E-state index contributed by atoms with van der Waals surface area (Å²) in [4.78, 5) is 38.4. The largest absolute Gasteiger partial charge is 0.479 e. The SMILES string of the molecule is CC(C)(C)OC(=O)N1CCC(NC(=O)OCC2c3ccccc3-c3ccccc32)(C(=O)O)C1. The Labute approximate surface area is 192 Å².